The molecule has 14 nitrogen and oxygen atoms in total. The van der Waals surface area contributed by atoms with Gasteiger partial charge in [0.15, 0.2) is 0 Å². The van der Waals surface area contributed by atoms with Gasteiger partial charge in [-0.3, -0.25) is 9.80 Å². The maximum atomic E-state index is 13.2. The first kappa shape index (κ1) is 44.7. The summed E-state index contributed by atoms with van der Waals surface area (Å²) in [6.45, 7) is 18.1. The van der Waals surface area contributed by atoms with Crippen LogP contribution in [-0.2, 0) is 28.7 Å². The highest BCUT2D eigenvalue weighted by molar-refractivity contribution is 5.85. The molecule has 6 aliphatic rings. The lowest BCUT2D eigenvalue weighted by Gasteiger charge is -2.40. The lowest BCUT2D eigenvalue weighted by molar-refractivity contribution is 0.0174. The number of hydrogen-bond acceptors (Lipinski definition) is 9. The number of hydrogen-bond donors (Lipinski definition) is 3. The zero-order chi connectivity index (χ0) is 42.7. The molecule has 0 aliphatic carbocycles. The van der Waals surface area contributed by atoms with Crippen molar-refractivity contribution in [3.8, 4) is 23.0 Å². The average molecular weight is 851 g/mol. The van der Waals surface area contributed by atoms with Crippen molar-refractivity contribution in [1.82, 2.24) is 30.7 Å². The predicted molar refractivity (Wildman–Crippen MR) is 231 cm³/mol. The first-order valence-electron chi connectivity index (χ1n) is 20.6. The number of rotatable bonds is 4. The highest BCUT2D eigenvalue weighted by Crippen LogP contribution is 2.49. The molecule has 3 N–H and O–H groups in total. The summed E-state index contributed by atoms with van der Waals surface area (Å²) in [5.74, 6) is 3.00. The molecular formula is C45H63ClN6O8. The number of methoxy groups -OCH3 is 4. The number of carbonyl (C=O) groups excluding carboxylic acids is 3. The fourth-order valence-corrected chi connectivity index (χ4v) is 9.90. The van der Waals surface area contributed by atoms with Crippen LogP contribution in [0.1, 0.15) is 96.4 Å². The first-order valence-corrected chi connectivity index (χ1v) is 20.6. The van der Waals surface area contributed by atoms with Crippen molar-refractivity contribution in [3.63, 3.8) is 0 Å². The summed E-state index contributed by atoms with van der Waals surface area (Å²) in [6.07, 6.45) is 7.23. The van der Waals surface area contributed by atoms with Gasteiger partial charge in [-0.2, -0.15) is 0 Å². The Morgan fingerprint density at radius 3 is 1.45 bits per heavy atom. The molecule has 8 rings (SSSR count). The van der Waals surface area contributed by atoms with Crippen molar-refractivity contribution in [2.75, 3.05) is 54.6 Å². The number of halogens is 1. The number of likely N-dealkylation sites (tertiary alicyclic amines) is 1. The third kappa shape index (κ3) is 8.04. The van der Waals surface area contributed by atoms with Crippen LogP contribution in [0.2, 0.25) is 0 Å². The van der Waals surface area contributed by atoms with E-state index in [1.165, 1.54) is 0 Å². The number of allylic oxidation sites excluding steroid dienone is 2. The van der Waals surface area contributed by atoms with Gasteiger partial charge in [0.05, 0.1) is 52.6 Å². The van der Waals surface area contributed by atoms with Gasteiger partial charge in [-0.25, -0.2) is 14.4 Å². The molecule has 5 amide bonds. The van der Waals surface area contributed by atoms with Crippen LogP contribution >= 0.6 is 12.4 Å². The van der Waals surface area contributed by atoms with Gasteiger partial charge in [0.25, 0.3) is 0 Å². The molecule has 15 heteroatoms. The molecule has 2 aromatic carbocycles. The third-order valence-corrected chi connectivity index (χ3v) is 12.6. The molecule has 0 radical (unpaired) electrons. The third-order valence-electron chi connectivity index (χ3n) is 12.6. The van der Waals surface area contributed by atoms with Crippen molar-refractivity contribution < 1.29 is 38.1 Å². The van der Waals surface area contributed by atoms with E-state index in [1.807, 2.05) is 54.8 Å². The zero-order valence-electron chi connectivity index (χ0n) is 37.1. The summed E-state index contributed by atoms with van der Waals surface area (Å²) in [4.78, 5) is 44.1. The highest BCUT2D eigenvalue weighted by Gasteiger charge is 2.53. The van der Waals surface area contributed by atoms with Crippen molar-refractivity contribution in [1.29, 1.82) is 0 Å². The SMILES string of the molecule is COc1cc2c(c(OC)c1)C(C)(C)C=C1N(C2)C(=O)NC12CCN(C(=O)OC(C)(C)C)CC2.COc1cc2c(c(OC)c1)C(C)(C)C=C1N(C2)C(=O)NC12CCNCC2.Cl. The Bertz CT molecular complexity index is 2080. The Morgan fingerprint density at radius 1 is 0.650 bits per heavy atom. The summed E-state index contributed by atoms with van der Waals surface area (Å²) in [7, 11) is 6.62. The number of benzene rings is 2. The minimum atomic E-state index is -0.537. The van der Waals surface area contributed by atoms with Crippen molar-refractivity contribution in [3.05, 3.63) is 70.1 Å². The standard InChI is InChI=1S/C25H35N3O5.C20H27N3O3.ClH/c1-23(2,3)33-22(30)27-10-8-25(9-11-27)19-14-24(4,5)20-16(15-28(19)21(29)26-25)12-17(31-6)13-18(20)32-7;1-19(2)11-16-20(5-7-21-8-6-20)22-18(24)23(16)12-13-9-14(25-3)10-15(26-4)17(13)19;/h12-14H,8-11,15H2,1-7H3,(H,26,29);9-11,21H,5-8,12H2,1-4H3,(H,22,24);1H. The summed E-state index contributed by atoms with van der Waals surface area (Å²) in [6, 6.07) is 7.71. The van der Waals surface area contributed by atoms with E-state index in [2.05, 4.69) is 55.8 Å². The summed E-state index contributed by atoms with van der Waals surface area (Å²) >= 11 is 0. The number of amides is 5. The van der Waals surface area contributed by atoms with Crippen LogP contribution in [0.3, 0.4) is 0 Å². The minimum Gasteiger partial charge on any atom is -0.497 e. The Kier molecular flexibility index (Phi) is 12.1. The highest BCUT2D eigenvalue weighted by atomic mass is 35.5. The molecule has 0 aromatic heterocycles. The quantitative estimate of drug-likeness (QED) is 0.293. The fourth-order valence-electron chi connectivity index (χ4n) is 9.90. The van der Waals surface area contributed by atoms with Gasteiger partial charge in [0.1, 0.15) is 28.6 Å². The maximum Gasteiger partial charge on any atom is 0.410 e. The number of carbonyl (C=O) groups is 3. The molecule has 6 heterocycles. The second-order valence-corrected chi connectivity index (χ2v) is 18.6. The van der Waals surface area contributed by atoms with Gasteiger partial charge in [-0.15, -0.1) is 12.4 Å². The van der Waals surface area contributed by atoms with Crippen LogP contribution < -0.4 is 34.9 Å². The molecule has 4 saturated heterocycles. The molecule has 0 saturated carbocycles. The smallest absolute Gasteiger partial charge is 0.410 e. The monoisotopic (exact) mass is 850 g/mol. The number of urea groups is 2. The molecule has 6 aliphatic heterocycles. The Balaban J connectivity index is 0.000000203. The second kappa shape index (κ2) is 16.2. The second-order valence-electron chi connectivity index (χ2n) is 18.6. The normalized spacial score (nSPS) is 21.4. The molecule has 0 bridgehead atoms. The molecule has 0 atom stereocenters. The van der Waals surface area contributed by atoms with E-state index in [0.717, 1.165) is 76.8 Å². The molecule has 2 aromatic rings. The molecule has 2 spiro atoms. The van der Waals surface area contributed by atoms with Crippen LogP contribution in [0.4, 0.5) is 14.4 Å². The largest absolute Gasteiger partial charge is 0.497 e. The van der Waals surface area contributed by atoms with Gasteiger partial charge in [-0.1, -0.05) is 39.8 Å². The number of nitrogens with zero attached hydrogens (tertiary/aromatic N) is 3. The molecule has 60 heavy (non-hydrogen) atoms. The number of fused-ring (bicyclic) bond motifs is 6. The summed E-state index contributed by atoms with van der Waals surface area (Å²) in [5, 5.41) is 9.93. The Hall–Kier alpha value is -4.82. The van der Waals surface area contributed by atoms with Gasteiger partial charge < -0.3 is 44.5 Å². The van der Waals surface area contributed by atoms with Gasteiger partial charge in [-0.05, 0) is 82.8 Å². The number of ether oxygens (including phenoxy) is 5. The van der Waals surface area contributed by atoms with Gasteiger partial charge >= 0.3 is 18.2 Å². The number of nitrogens with one attached hydrogen (secondary N) is 3. The van der Waals surface area contributed by atoms with Crippen LogP contribution in [0.25, 0.3) is 0 Å². The van der Waals surface area contributed by atoms with Gasteiger partial charge in [0.2, 0.25) is 0 Å². The average Bonchev–Trinajstić information content (AvgIpc) is 3.42. The van der Waals surface area contributed by atoms with Crippen molar-refractivity contribution in [2.45, 2.75) is 115 Å². The van der Waals surface area contributed by atoms with Crippen LogP contribution in [0, 0.1) is 0 Å². The van der Waals surface area contributed by atoms with E-state index in [1.54, 1.807) is 33.3 Å². The van der Waals surface area contributed by atoms with Crippen molar-refractivity contribution in [2.24, 2.45) is 0 Å². The first-order chi connectivity index (χ1) is 27.8. The Labute approximate surface area is 360 Å². The van der Waals surface area contributed by atoms with E-state index in [4.69, 9.17) is 23.7 Å². The minimum absolute atomic E-state index is 0. The molecule has 4 fully saturated rings. The number of piperidine rings is 2. The maximum absolute atomic E-state index is 13.2. The lowest BCUT2D eigenvalue weighted by Crippen LogP contribution is -2.53. The van der Waals surface area contributed by atoms with E-state index in [9.17, 15) is 14.4 Å². The summed E-state index contributed by atoms with van der Waals surface area (Å²) < 4.78 is 27.9. The molecular weight excluding hydrogens is 788 g/mol. The van der Waals surface area contributed by atoms with Crippen LogP contribution in [0.15, 0.2) is 47.8 Å². The van der Waals surface area contributed by atoms with E-state index in [-0.39, 0.29) is 46.9 Å². The molecule has 328 valence electrons. The fraction of sp³-hybridized carbons (Fsp3) is 0.578. The molecule has 0 unspecified atom stereocenters. The summed E-state index contributed by atoms with van der Waals surface area (Å²) in [5.41, 5.74) is 4.38. The predicted octanol–water partition coefficient (Wildman–Crippen LogP) is 7.12. The van der Waals surface area contributed by atoms with Gasteiger partial charge in [0, 0.05) is 58.6 Å². The van der Waals surface area contributed by atoms with Crippen LogP contribution in [-0.4, -0.2) is 104 Å². The topological polar surface area (TPSA) is 143 Å². The van der Waals surface area contributed by atoms with E-state index < -0.39 is 11.1 Å². The van der Waals surface area contributed by atoms with Crippen LogP contribution in [0.5, 0.6) is 23.0 Å². The zero-order valence-corrected chi connectivity index (χ0v) is 37.9. The van der Waals surface area contributed by atoms with Crippen molar-refractivity contribution >= 4 is 30.6 Å². The van der Waals surface area contributed by atoms with E-state index in [0.29, 0.717) is 44.8 Å². The van der Waals surface area contributed by atoms with E-state index >= 15 is 0 Å². The lowest BCUT2D eigenvalue weighted by atomic mass is 9.77. The Morgan fingerprint density at radius 2 is 1.07 bits per heavy atom.